The van der Waals surface area contributed by atoms with E-state index >= 15 is 0 Å². The minimum atomic E-state index is -0.964. The van der Waals surface area contributed by atoms with Crippen molar-refractivity contribution in [3.8, 4) is 0 Å². The topological polar surface area (TPSA) is 49.3 Å². The smallest absolute Gasteiger partial charge is 0.335 e. The standard InChI is InChI=1S/C15H14FNO2/c1-10-5-6-12(15(18)19)8-14(10)17-9-11-3-2-4-13(16)7-11/h2-8,17H,9H2,1H3,(H,18,19). The molecule has 2 rings (SSSR count). The summed E-state index contributed by atoms with van der Waals surface area (Å²) in [5, 5.41) is 12.1. The molecule has 98 valence electrons. The minimum absolute atomic E-state index is 0.229. The molecule has 2 aromatic carbocycles. The number of aryl methyl sites for hydroxylation is 1. The molecule has 0 unspecified atom stereocenters. The Hall–Kier alpha value is -2.36. The van der Waals surface area contributed by atoms with E-state index in [4.69, 9.17) is 5.11 Å². The summed E-state index contributed by atoms with van der Waals surface area (Å²) in [6.07, 6.45) is 0. The van der Waals surface area contributed by atoms with Gasteiger partial charge in [-0.1, -0.05) is 18.2 Å². The van der Waals surface area contributed by atoms with E-state index in [1.165, 1.54) is 12.1 Å². The number of nitrogens with one attached hydrogen (secondary N) is 1. The van der Waals surface area contributed by atoms with Gasteiger partial charge in [0, 0.05) is 12.2 Å². The molecule has 2 aromatic rings. The van der Waals surface area contributed by atoms with E-state index in [0.29, 0.717) is 6.54 Å². The third-order valence-corrected chi connectivity index (χ3v) is 2.86. The van der Waals surface area contributed by atoms with Crippen LogP contribution in [0.2, 0.25) is 0 Å². The van der Waals surface area contributed by atoms with Crippen LogP contribution in [0.4, 0.5) is 10.1 Å². The number of carboxylic acids is 1. The summed E-state index contributed by atoms with van der Waals surface area (Å²) in [6, 6.07) is 11.2. The van der Waals surface area contributed by atoms with E-state index in [1.54, 1.807) is 24.3 Å². The summed E-state index contributed by atoms with van der Waals surface area (Å²) >= 11 is 0. The SMILES string of the molecule is Cc1ccc(C(=O)O)cc1NCc1cccc(F)c1. The summed E-state index contributed by atoms with van der Waals surface area (Å²) < 4.78 is 13.0. The van der Waals surface area contributed by atoms with Crippen LogP contribution in [0.15, 0.2) is 42.5 Å². The van der Waals surface area contributed by atoms with Gasteiger partial charge in [0.25, 0.3) is 0 Å². The first-order valence-corrected chi connectivity index (χ1v) is 5.88. The Kier molecular flexibility index (Phi) is 3.80. The number of benzene rings is 2. The Bertz CT molecular complexity index is 611. The lowest BCUT2D eigenvalue weighted by Crippen LogP contribution is -2.04. The zero-order valence-electron chi connectivity index (χ0n) is 10.5. The second kappa shape index (κ2) is 5.52. The van der Waals surface area contributed by atoms with E-state index in [1.807, 2.05) is 13.0 Å². The van der Waals surface area contributed by atoms with Crippen LogP contribution >= 0.6 is 0 Å². The van der Waals surface area contributed by atoms with Crippen LogP contribution in [0.25, 0.3) is 0 Å². The Morgan fingerprint density at radius 1 is 1.26 bits per heavy atom. The van der Waals surface area contributed by atoms with Crippen molar-refractivity contribution in [2.45, 2.75) is 13.5 Å². The van der Waals surface area contributed by atoms with Gasteiger partial charge in [-0.15, -0.1) is 0 Å². The van der Waals surface area contributed by atoms with Crippen molar-refractivity contribution in [1.29, 1.82) is 0 Å². The summed E-state index contributed by atoms with van der Waals surface area (Å²) in [5.41, 5.74) is 2.72. The van der Waals surface area contributed by atoms with Crippen LogP contribution in [-0.4, -0.2) is 11.1 Å². The average molecular weight is 259 g/mol. The molecule has 0 fully saturated rings. The van der Waals surface area contributed by atoms with Gasteiger partial charge >= 0.3 is 5.97 Å². The number of aromatic carboxylic acids is 1. The number of rotatable bonds is 4. The Morgan fingerprint density at radius 2 is 2.05 bits per heavy atom. The lowest BCUT2D eigenvalue weighted by molar-refractivity contribution is 0.0697. The number of hydrogen-bond acceptors (Lipinski definition) is 2. The number of carboxylic acid groups (broad SMARTS) is 1. The Morgan fingerprint density at radius 3 is 2.74 bits per heavy atom. The van der Waals surface area contributed by atoms with E-state index in [9.17, 15) is 9.18 Å². The molecule has 0 aliphatic rings. The molecule has 0 saturated carbocycles. The van der Waals surface area contributed by atoms with Gasteiger partial charge in [0.1, 0.15) is 5.82 Å². The van der Waals surface area contributed by atoms with Crippen LogP contribution in [-0.2, 0) is 6.54 Å². The monoisotopic (exact) mass is 259 g/mol. The van der Waals surface area contributed by atoms with E-state index < -0.39 is 5.97 Å². The summed E-state index contributed by atoms with van der Waals surface area (Å²) in [6.45, 7) is 2.33. The van der Waals surface area contributed by atoms with Crippen molar-refractivity contribution in [3.63, 3.8) is 0 Å². The zero-order chi connectivity index (χ0) is 13.8. The maximum atomic E-state index is 13.0. The van der Waals surface area contributed by atoms with Crippen molar-refractivity contribution in [3.05, 3.63) is 65.0 Å². The molecule has 4 heteroatoms. The molecule has 19 heavy (non-hydrogen) atoms. The highest BCUT2D eigenvalue weighted by Crippen LogP contribution is 2.18. The molecule has 0 aliphatic heterocycles. The number of hydrogen-bond donors (Lipinski definition) is 2. The lowest BCUT2D eigenvalue weighted by Gasteiger charge is -2.10. The predicted octanol–water partition coefficient (Wildman–Crippen LogP) is 3.44. The van der Waals surface area contributed by atoms with Crippen LogP contribution in [0.3, 0.4) is 0 Å². The molecule has 0 aliphatic carbocycles. The summed E-state index contributed by atoms with van der Waals surface area (Å²) in [5.74, 6) is -1.25. The number of carbonyl (C=O) groups is 1. The molecule has 0 saturated heterocycles. The summed E-state index contributed by atoms with van der Waals surface area (Å²) in [4.78, 5) is 10.9. The summed E-state index contributed by atoms with van der Waals surface area (Å²) in [7, 11) is 0. The first-order chi connectivity index (χ1) is 9.06. The van der Waals surface area contributed by atoms with Crippen molar-refractivity contribution in [2.24, 2.45) is 0 Å². The molecule has 0 bridgehead atoms. The molecule has 0 amide bonds. The predicted molar refractivity (Wildman–Crippen MR) is 71.9 cm³/mol. The normalized spacial score (nSPS) is 10.2. The maximum Gasteiger partial charge on any atom is 0.335 e. The Labute approximate surface area is 110 Å². The average Bonchev–Trinajstić information content (AvgIpc) is 2.37. The van der Waals surface area contributed by atoms with Gasteiger partial charge in [-0.3, -0.25) is 0 Å². The van der Waals surface area contributed by atoms with E-state index in [-0.39, 0.29) is 11.4 Å². The van der Waals surface area contributed by atoms with Crippen molar-refractivity contribution < 1.29 is 14.3 Å². The van der Waals surface area contributed by atoms with Gasteiger partial charge in [-0.25, -0.2) is 9.18 Å². The maximum absolute atomic E-state index is 13.0. The minimum Gasteiger partial charge on any atom is -0.478 e. The highest BCUT2D eigenvalue weighted by atomic mass is 19.1. The molecule has 0 aromatic heterocycles. The fraction of sp³-hybridized carbons (Fsp3) is 0.133. The van der Waals surface area contributed by atoms with Gasteiger partial charge in [0.15, 0.2) is 0 Å². The zero-order valence-corrected chi connectivity index (χ0v) is 10.5. The van der Waals surface area contributed by atoms with Crippen LogP contribution in [0.1, 0.15) is 21.5 Å². The third kappa shape index (κ3) is 3.31. The van der Waals surface area contributed by atoms with Crippen molar-refractivity contribution in [1.82, 2.24) is 0 Å². The van der Waals surface area contributed by atoms with E-state index in [0.717, 1.165) is 16.8 Å². The van der Waals surface area contributed by atoms with Crippen LogP contribution < -0.4 is 5.32 Å². The van der Waals surface area contributed by atoms with Gasteiger partial charge in [0.05, 0.1) is 5.56 Å². The number of anilines is 1. The third-order valence-electron chi connectivity index (χ3n) is 2.86. The van der Waals surface area contributed by atoms with Gasteiger partial charge in [0.2, 0.25) is 0 Å². The van der Waals surface area contributed by atoms with Gasteiger partial charge in [-0.05, 0) is 42.3 Å². The second-order valence-corrected chi connectivity index (χ2v) is 4.32. The highest BCUT2D eigenvalue weighted by molar-refractivity contribution is 5.89. The molecule has 2 N–H and O–H groups in total. The molecular formula is C15H14FNO2. The first-order valence-electron chi connectivity index (χ1n) is 5.88. The molecule has 0 atom stereocenters. The van der Waals surface area contributed by atoms with Gasteiger partial charge in [-0.2, -0.15) is 0 Å². The largest absolute Gasteiger partial charge is 0.478 e. The van der Waals surface area contributed by atoms with Crippen LogP contribution in [0, 0.1) is 12.7 Å². The first kappa shape index (κ1) is 13.1. The van der Waals surface area contributed by atoms with Crippen molar-refractivity contribution in [2.75, 3.05) is 5.32 Å². The molecule has 0 heterocycles. The fourth-order valence-electron chi connectivity index (χ4n) is 1.79. The highest BCUT2D eigenvalue weighted by Gasteiger charge is 2.06. The quantitative estimate of drug-likeness (QED) is 0.884. The van der Waals surface area contributed by atoms with Crippen LogP contribution in [0.5, 0.6) is 0 Å². The van der Waals surface area contributed by atoms with Crippen molar-refractivity contribution >= 4 is 11.7 Å². The number of halogens is 1. The lowest BCUT2D eigenvalue weighted by atomic mass is 10.1. The molecule has 3 nitrogen and oxygen atoms in total. The molecular weight excluding hydrogens is 245 g/mol. The van der Waals surface area contributed by atoms with E-state index in [2.05, 4.69) is 5.32 Å². The molecule has 0 spiro atoms. The molecule has 0 radical (unpaired) electrons. The van der Waals surface area contributed by atoms with Gasteiger partial charge < -0.3 is 10.4 Å². The fourth-order valence-corrected chi connectivity index (χ4v) is 1.79. The second-order valence-electron chi connectivity index (χ2n) is 4.32. The Balaban J connectivity index is 2.15.